The van der Waals surface area contributed by atoms with Crippen LogP contribution in [-0.4, -0.2) is 16.0 Å². The highest BCUT2D eigenvalue weighted by atomic mass is 32.1. The summed E-state index contributed by atoms with van der Waals surface area (Å²) in [6, 6.07) is 29.7. The third-order valence-electron chi connectivity index (χ3n) is 7.08. The van der Waals surface area contributed by atoms with E-state index in [-0.39, 0.29) is 17.3 Å². The Kier molecular flexibility index (Phi) is 5.94. The molecule has 5 nitrogen and oxygen atoms in total. The van der Waals surface area contributed by atoms with Crippen molar-refractivity contribution >= 4 is 39.2 Å². The van der Waals surface area contributed by atoms with E-state index in [1.165, 1.54) is 23.5 Å². The fourth-order valence-electron chi connectivity index (χ4n) is 5.29. The average Bonchev–Trinajstić information content (AvgIpc) is 3.49. The molecule has 4 aromatic carbocycles. The molecule has 1 atom stereocenters. The summed E-state index contributed by atoms with van der Waals surface area (Å²) in [4.78, 5) is 19.1. The quantitative estimate of drug-likeness (QED) is 0.245. The van der Waals surface area contributed by atoms with E-state index in [9.17, 15) is 9.18 Å². The molecular weight excluding hydrogens is 523 g/mol. The van der Waals surface area contributed by atoms with E-state index < -0.39 is 0 Å². The van der Waals surface area contributed by atoms with Crippen LogP contribution in [0.25, 0.3) is 27.8 Å². The molecule has 0 fully saturated rings. The lowest BCUT2D eigenvalue weighted by atomic mass is 9.81. The third-order valence-corrected chi connectivity index (χ3v) is 8.05. The highest BCUT2D eigenvalue weighted by molar-refractivity contribution is 7.15. The fraction of sp³-hybridized carbons (Fsp3) is 0.0909. The number of thiazole rings is 1. The molecule has 196 valence electrons. The van der Waals surface area contributed by atoms with Crippen molar-refractivity contribution in [2.45, 2.75) is 12.8 Å². The third kappa shape index (κ3) is 4.06. The summed E-state index contributed by atoms with van der Waals surface area (Å²) in [6.07, 6.45) is 1.91. The van der Waals surface area contributed by atoms with Gasteiger partial charge in [-0.3, -0.25) is 4.79 Å². The van der Waals surface area contributed by atoms with E-state index in [1.54, 1.807) is 16.5 Å². The number of hydrogen-bond acceptors (Lipinski definition) is 5. The van der Waals surface area contributed by atoms with Crippen molar-refractivity contribution in [3.63, 3.8) is 0 Å². The summed E-state index contributed by atoms with van der Waals surface area (Å²) in [6.45, 7) is 2.51. The molecule has 1 aliphatic rings. The zero-order valence-electron chi connectivity index (χ0n) is 21.5. The standard InChI is InChI=1S/C33H23FN2O3S/c1-2-38-23-17-13-21(14-18-23)31-25(19-29-32(37)36-27-9-5-4-8-26(27)35-33(36)40-29)30(20-11-15-22(34)16-12-20)24-7-3-6-10-28(24)39-31/h3-19,30H,2H2,1H3/b29-19-/t30-/m1/s1. The molecule has 3 heterocycles. The van der Waals surface area contributed by atoms with Crippen LogP contribution < -0.4 is 19.6 Å². The second-order valence-corrected chi connectivity index (χ2v) is 10.5. The number of rotatable bonds is 5. The van der Waals surface area contributed by atoms with Gasteiger partial charge in [0.25, 0.3) is 5.56 Å². The van der Waals surface area contributed by atoms with E-state index in [1.807, 2.05) is 85.8 Å². The molecule has 2 aromatic heterocycles. The maximum absolute atomic E-state index is 14.0. The maximum Gasteiger partial charge on any atom is 0.274 e. The lowest BCUT2D eigenvalue weighted by molar-refractivity contribution is 0.340. The van der Waals surface area contributed by atoms with Gasteiger partial charge in [-0.15, -0.1) is 0 Å². The normalized spacial score (nSPS) is 15.4. The zero-order valence-corrected chi connectivity index (χ0v) is 22.3. The smallest absolute Gasteiger partial charge is 0.274 e. The van der Waals surface area contributed by atoms with E-state index in [4.69, 9.17) is 9.47 Å². The van der Waals surface area contributed by atoms with E-state index in [0.717, 1.165) is 39.0 Å². The van der Waals surface area contributed by atoms with Crippen molar-refractivity contribution in [3.8, 4) is 11.5 Å². The SMILES string of the molecule is CCOc1ccc(C2=C(/C=c3\sc4nc5ccccc5n4c3=O)[C@H](c3ccc(F)cc3)c3ccccc3O2)cc1. The van der Waals surface area contributed by atoms with Gasteiger partial charge in [-0.2, -0.15) is 0 Å². The lowest BCUT2D eigenvalue weighted by Crippen LogP contribution is -2.24. The van der Waals surface area contributed by atoms with Gasteiger partial charge in [-0.05, 0) is 73.2 Å². The van der Waals surface area contributed by atoms with Gasteiger partial charge < -0.3 is 9.47 Å². The first kappa shape index (κ1) is 24.3. The Hall–Kier alpha value is -4.75. The number of imidazole rings is 1. The molecule has 1 aliphatic heterocycles. The molecule has 7 heteroatoms. The molecule has 0 amide bonds. The van der Waals surface area contributed by atoms with E-state index >= 15 is 0 Å². The van der Waals surface area contributed by atoms with Crippen molar-refractivity contribution < 1.29 is 13.9 Å². The number of halogens is 1. The summed E-state index contributed by atoms with van der Waals surface area (Å²) in [7, 11) is 0. The summed E-state index contributed by atoms with van der Waals surface area (Å²) in [5.41, 5.74) is 4.91. The average molecular weight is 547 g/mol. The minimum Gasteiger partial charge on any atom is -0.494 e. The first-order chi connectivity index (χ1) is 19.6. The fourth-order valence-corrected chi connectivity index (χ4v) is 6.27. The first-order valence-corrected chi connectivity index (χ1v) is 13.8. The number of aromatic nitrogens is 2. The Balaban J connectivity index is 1.51. The predicted octanol–water partition coefficient (Wildman–Crippen LogP) is 6.58. The summed E-state index contributed by atoms with van der Waals surface area (Å²) < 4.78 is 28.4. The minimum absolute atomic E-state index is 0.135. The van der Waals surface area contributed by atoms with Crippen molar-refractivity contribution in [2.75, 3.05) is 6.61 Å². The highest BCUT2D eigenvalue weighted by Crippen LogP contribution is 2.46. The summed E-state index contributed by atoms with van der Waals surface area (Å²) in [5.74, 6) is 1.51. The Labute approximate surface area is 233 Å². The molecule has 0 unspecified atom stereocenters. The van der Waals surface area contributed by atoms with E-state index in [2.05, 4.69) is 4.98 Å². The highest BCUT2D eigenvalue weighted by Gasteiger charge is 2.31. The van der Waals surface area contributed by atoms with Gasteiger partial charge in [-0.25, -0.2) is 13.8 Å². The molecule has 40 heavy (non-hydrogen) atoms. The second kappa shape index (κ2) is 9.77. The monoisotopic (exact) mass is 546 g/mol. The molecule has 0 saturated heterocycles. The maximum atomic E-state index is 14.0. The van der Waals surface area contributed by atoms with Crippen LogP contribution >= 0.6 is 11.3 Å². The van der Waals surface area contributed by atoms with Gasteiger partial charge in [0.1, 0.15) is 23.1 Å². The second-order valence-electron chi connectivity index (χ2n) is 9.50. The van der Waals surface area contributed by atoms with Gasteiger partial charge in [0.2, 0.25) is 0 Å². The first-order valence-electron chi connectivity index (χ1n) is 13.0. The molecule has 0 aliphatic carbocycles. The largest absolute Gasteiger partial charge is 0.494 e. The number of ether oxygens (including phenoxy) is 2. The number of fused-ring (bicyclic) bond motifs is 4. The van der Waals surface area contributed by atoms with Crippen LogP contribution in [0, 0.1) is 5.82 Å². The van der Waals surface area contributed by atoms with Gasteiger partial charge in [0.15, 0.2) is 4.96 Å². The topological polar surface area (TPSA) is 52.8 Å². The molecular formula is C33H23FN2O3S. The number of hydrogen-bond donors (Lipinski definition) is 0. The summed E-state index contributed by atoms with van der Waals surface area (Å²) in [5, 5.41) is 0. The molecule has 0 saturated carbocycles. The van der Waals surface area contributed by atoms with Crippen LogP contribution in [0.15, 0.2) is 107 Å². The van der Waals surface area contributed by atoms with Crippen LogP contribution in [0.2, 0.25) is 0 Å². The Bertz CT molecular complexity index is 2030. The Morgan fingerprint density at radius 3 is 2.52 bits per heavy atom. The van der Waals surface area contributed by atoms with Crippen LogP contribution in [0.1, 0.15) is 29.5 Å². The van der Waals surface area contributed by atoms with Crippen molar-refractivity contribution in [1.82, 2.24) is 9.38 Å². The molecule has 7 rings (SSSR count). The molecule has 0 spiro atoms. The van der Waals surface area contributed by atoms with Gasteiger partial charge in [0.05, 0.1) is 22.2 Å². The summed E-state index contributed by atoms with van der Waals surface area (Å²) >= 11 is 1.34. The van der Waals surface area contributed by atoms with Crippen molar-refractivity contribution in [1.29, 1.82) is 0 Å². The van der Waals surface area contributed by atoms with Gasteiger partial charge in [0, 0.05) is 22.6 Å². The van der Waals surface area contributed by atoms with Crippen LogP contribution in [0.5, 0.6) is 11.5 Å². The number of benzene rings is 4. The molecule has 6 aromatic rings. The molecule has 0 N–H and O–H groups in total. The van der Waals surface area contributed by atoms with Crippen molar-refractivity contribution in [2.24, 2.45) is 0 Å². The predicted molar refractivity (Wildman–Crippen MR) is 156 cm³/mol. The number of nitrogens with zero attached hydrogens (tertiary/aromatic N) is 2. The Morgan fingerprint density at radius 1 is 0.975 bits per heavy atom. The van der Waals surface area contributed by atoms with Crippen molar-refractivity contribution in [3.05, 3.63) is 140 Å². The minimum atomic E-state index is -0.307. The number of allylic oxidation sites excluding steroid dienone is 1. The zero-order chi connectivity index (χ0) is 27.2. The Morgan fingerprint density at radius 2 is 1.73 bits per heavy atom. The van der Waals surface area contributed by atoms with Gasteiger partial charge in [-0.1, -0.05) is 53.8 Å². The molecule has 0 bridgehead atoms. The van der Waals surface area contributed by atoms with Crippen LogP contribution in [0.4, 0.5) is 4.39 Å². The number of para-hydroxylation sites is 3. The lowest BCUT2D eigenvalue weighted by Gasteiger charge is -2.30. The van der Waals surface area contributed by atoms with Crippen LogP contribution in [-0.2, 0) is 0 Å². The van der Waals surface area contributed by atoms with Crippen LogP contribution in [0.3, 0.4) is 0 Å². The molecule has 0 radical (unpaired) electrons. The van der Waals surface area contributed by atoms with Gasteiger partial charge >= 0.3 is 0 Å². The van der Waals surface area contributed by atoms with E-state index in [0.29, 0.717) is 27.6 Å².